The first kappa shape index (κ1) is 26.1. The highest BCUT2D eigenvalue weighted by atomic mass is 35.5. The van der Waals surface area contributed by atoms with E-state index >= 15 is 0 Å². The number of hydrogen-bond acceptors (Lipinski definition) is 4. The normalized spacial score (nSPS) is 14.9. The lowest BCUT2D eigenvalue weighted by atomic mass is 9.90. The number of nitrogens with one attached hydrogen (secondary N) is 1. The summed E-state index contributed by atoms with van der Waals surface area (Å²) >= 11 is 6.13. The van der Waals surface area contributed by atoms with Gasteiger partial charge in [0.05, 0.1) is 41.3 Å². The highest BCUT2D eigenvalue weighted by Gasteiger charge is 2.21. The molecule has 1 aliphatic heterocycles. The van der Waals surface area contributed by atoms with Crippen molar-refractivity contribution in [2.75, 3.05) is 37.9 Å². The Morgan fingerprint density at radius 1 is 1.17 bits per heavy atom. The van der Waals surface area contributed by atoms with Gasteiger partial charge in [0, 0.05) is 23.3 Å². The van der Waals surface area contributed by atoms with Crippen LogP contribution in [-0.2, 0) is 18.4 Å². The third kappa shape index (κ3) is 6.41. The van der Waals surface area contributed by atoms with Gasteiger partial charge in [0.2, 0.25) is 0 Å². The molecule has 1 aliphatic rings. The summed E-state index contributed by atoms with van der Waals surface area (Å²) in [6, 6.07) is 15.1. The molecule has 0 bridgehead atoms. The highest BCUT2D eigenvalue weighted by Crippen LogP contribution is 2.25. The molecule has 1 fully saturated rings. The molecule has 3 heterocycles. The van der Waals surface area contributed by atoms with E-state index in [-0.39, 0.29) is 0 Å². The first-order valence-electron chi connectivity index (χ1n) is 12.9. The predicted molar refractivity (Wildman–Crippen MR) is 149 cm³/mol. The van der Waals surface area contributed by atoms with Crippen LogP contribution in [0.1, 0.15) is 50.1 Å². The predicted octanol–water partition coefficient (Wildman–Crippen LogP) is 5.81. The van der Waals surface area contributed by atoms with Crippen molar-refractivity contribution in [2.45, 2.75) is 51.5 Å². The number of anilines is 1. The summed E-state index contributed by atoms with van der Waals surface area (Å²) in [6.45, 7) is 7.43. The molecule has 0 unspecified atom stereocenters. The van der Waals surface area contributed by atoms with Crippen molar-refractivity contribution in [2.24, 2.45) is 5.92 Å². The van der Waals surface area contributed by atoms with Crippen LogP contribution in [-0.4, -0.2) is 47.0 Å². The summed E-state index contributed by atoms with van der Waals surface area (Å²) in [5.41, 5.74) is 4.64. The second-order valence-corrected chi connectivity index (χ2v) is 10.8. The molecule has 2 aromatic heterocycles. The van der Waals surface area contributed by atoms with Crippen molar-refractivity contribution in [3.63, 3.8) is 0 Å². The molecule has 0 saturated carbocycles. The Labute approximate surface area is 220 Å². The van der Waals surface area contributed by atoms with E-state index in [0.29, 0.717) is 12.4 Å². The number of hydrogen-bond donors (Lipinski definition) is 1. The molecular weight excluding hydrogens is 466 g/mol. The van der Waals surface area contributed by atoms with Crippen LogP contribution in [0, 0.1) is 29.1 Å². The summed E-state index contributed by atoms with van der Waals surface area (Å²) in [5, 5.41) is 13.8. The molecule has 6 heteroatoms. The molecule has 4 rings (SSSR count). The second kappa shape index (κ2) is 11.8. The maximum Gasteiger partial charge on any atom is 0.0937 e. The van der Waals surface area contributed by atoms with Crippen LogP contribution in [0.15, 0.2) is 42.6 Å². The average molecular weight is 502 g/mol. The number of alkyl halides is 1. The van der Waals surface area contributed by atoms with Gasteiger partial charge in [0.25, 0.3) is 0 Å². The molecule has 0 amide bonds. The number of aromatic nitrogens is 2. The van der Waals surface area contributed by atoms with Crippen molar-refractivity contribution in [1.82, 2.24) is 14.5 Å². The van der Waals surface area contributed by atoms with E-state index in [0.717, 1.165) is 36.0 Å². The van der Waals surface area contributed by atoms with Crippen LogP contribution in [0.2, 0.25) is 0 Å². The van der Waals surface area contributed by atoms with Crippen LogP contribution < -0.4 is 5.32 Å². The van der Waals surface area contributed by atoms with E-state index in [1.165, 1.54) is 48.8 Å². The first-order valence-corrected chi connectivity index (χ1v) is 13.4. The quantitative estimate of drug-likeness (QED) is 0.312. The topological polar surface area (TPSA) is 56.9 Å². The Morgan fingerprint density at radius 2 is 1.97 bits per heavy atom. The number of fused-ring (bicyclic) bond motifs is 1. The Balaban J connectivity index is 1.41. The van der Waals surface area contributed by atoms with Crippen LogP contribution in [0.25, 0.3) is 10.9 Å². The monoisotopic (exact) mass is 501 g/mol. The van der Waals surface area contributed by atoms with Gasteiger partial charge in [-0.1, -0.05) is 12.0 Å². The fraction of sp³-hybridized carbons (Fsp3) is 0.467. The number of nitrogens with zero attached hydrogens (tertiary/aromatic N) is 4. The third-order valence-corrected chi connectivity index (χ3v) is 7.40. The summed E-state index contributed by atoms with van der Waals surface area (Å²) < 4.78 is 2.22. The molecular formula is C30H36ClN5. The Morgan fingerprint density at radius 3 is 2.67 bits per heavy atom. The van der Waals surface area contributed by atoms with Gasteiger partial charge in [-0.3, -0.25) is 4.98 Å². The summed E-state index contributed by atoms with van der Waals surface area (Å²) in [7, 11) is 2.22. The van der Waals surface area contributed by atoms with Crippen LogP contribution >= 0.6 is 11.6 Å². The maximum atomic E-state index is 9.28. The zero-order valence-corrected chi connectivity index (χ0v) is 22.4. The molecule has 0 spiro atoms. The molecule has 188 valence electrons. The molecule has 1 saturated heterocycles. The van der Waals surface area contributed by atoms with Gasteiger partial charge in [-0.2, -0.15) is 5.26 Å². The van der Waals surface area contributed by atoms with Gasteiger partial charge < -0.3 is 14.8 Å². The summed E-state index contributed by atoms with van der Waals surface area (Å²) in [4.78, 5) is 6.86. The molecule has 36 heavy (non-hydrogen) atoms. The van der Waals surface area contributed by atoms with E-state index in [1.807, 2.05) is 26.0 Å². The Bertz CT molecular complexity index is 1260. The number of rotatable bonds is 8. The van der Waals surface area contributed by atoms with Crippen molar-refractivity contribution >= 4 is 28.2 Å². The molecule has 0 radical (unpaired) electrons. The van der Waals surface area contributed by atoms with E-state index in [9.17, 15) is 5.26 Å². The van der Waals surface area contributed by atoms with Crippen molar-refractivity contribution < 1.29 is 0 Å². The van der Waals surface area contributed by atoms with Crippen LogP contribution in [0.4, 0.5) is 5.69 Å². The minimum Gasteiger partial charge on any atom is -0.373 e. The molecule has 3 aromatic rings. The van der Waals surface area contributed by atoms with Gasteiger partial charge >= 0.3 is 0 Å². The Kier molecular flexibility index (Phi) is 8.57. The fourth-order valence-electron chi connectivity index (χ4n) is 4.83. The largest absolute Gasteiger partial charge is 0.373 e. The fourth-order valence-corrected chi connectivity index (χ4v) is 5.00. The zero-order chi connectivity index (χ0) is 25.5. The number of likely N-dealkylation sites (tertiary alicyclic amines) is 1. The van der Waals surface area contributed by atoms with E-state index < -0.39 is 5.41 Å². The molecule has 0 atom stereocenters. The smallest absolute Gasteiger partial charge is 0.0937 e. The molecule has 1 aromatic carbocycles. The summed E-state index contributed by atoms with van der Waals surface area (Å²) in [6.07, 6.45) is 6.79. The van der Waals surface area contributed by atoms with Gasteiger partial charge in [-0.05, 0) is 107 Å². The van der Waals surface area contributed by atoms with Gasteiger partial charge in [0.15, 0.2) is 0 Å². The lowest BCUT2D eigenvalue weighted by molar-refractivity contribution is 0.212. The van der Waals surface area contributed by atoms with E-state index in [1.54, 1.807) is 6.20 Å². The molecule has 0 aliphatic carbocycles. The minimum absolute atomic E-state index is 0.507. The minimum atomic E-state index is -0.596. The summed E-state index contributed by atoms with van der Waals surface area (Å²) in [5.74, 6) is 7.97. The van der Waals surface area contributed by atoms with Crippen molar-refractivity contribution in [3.05, 3.63) is 59.5 Å². The van der Waals surface area contributed by atoms with Crippen molar-refractivity contribution in [3.8, 4) is 17.9 Å². The second-order valence-electron chi connectivity index (χ2n) is 10.4. The number of aryl methyl sites for hydroxylation is 2. The number of pyridine rings is 1. The molecule has 1 N–H and O–H groups in total. The SMILES string of the molecule is CN1CCC(CCc2ccc3c(c2)cc(C#CCNc2ccc(C(C)(C)C#N)nc2)n3CCCl)CC1. The first-order chi connectivity index (χ1) is 17.4. The highest BCUT2D eigenvalue weighted by molar-refractivity contribution is 6.17. The van der Waals surface area contributed by atoms with E-state index in [2.05, 4.69) is 69.0 Å². The lowest BCUT2D eigenvalue weighted by Crippen LogP contribution is -2.30. The van der Waals surface area contributed by atoms with Gasteiger partial charge in [0.1, 0.15) is 0 Å². The standard InChI is InChI=1S/C30H36ClN5/c1-30(2,22-32)29-11-9-26(21-34-29)33-15-4-5-27-20-25-19-24(8-10-28(25)36(27)18-14-31)7-6-23-12-16-35(3)17-13-23/h8-11,19-21,23,33H,6-7,12-18H2,1-3H3. The van der Waals surface area contributed by atoms with Gasteiger partial charge in [-0.25, -0.2) is 0 Å². The molecule has 5 nitrogen and oxygen atoms in total. The average Bonchev–Trinajstić information content (AvgIpc) is 3.23. The Hall–Kier alpha value is -2.99. The zero-order valence-electron chi connectivity index (χ0n) is 21.6. The number of nitriles is 1. The number of halogens is 1. The number of piperidine rings is 1. The van der Waals surface area contributed by atoms with Crippen LogP contribution in [0.3, 0.4) is 0 Å². The van der Waals surface area contributed by atoms with Gasteiger partial charge in [-0.15, -0.1) is 11.6 Å². The number of benzene rings is 1. The lowest BCUT2D eigenvalue weighted by Gasteiger charge is -2.28. The van der Waals surface area contributed by atoms with Crippen LogP contribution in [0.5, 0.6) is 0 Å². The van der Waals surface area contributed by atoms with Crippen molar-refractivity contribution in [1.29, 1.82) is 5.26 Å². The maximum absolute atomic E-state index is 9.28. The third-order valence-electron chi connectivity index (χ3n) is 7.23. The van der Waals surface area contributed by atoms with E-state index in [4.69, 9.17) is 11.6 Å².